The highest BCUT2D eigenvalue weighted by molar-refractivity contribution is 6.46. The largest absolute Gasteiger partial charge is 0.350 e. The Kier molecular flexibility index (Phi) is 5.10. The molecule has 1 aliphatic rings. The maximum atomic E-state index is 13.5. The van der Waals surface area contributed by atoms with Gasteiger partial charge in [-0.15, -0.1) is 0 Å². The molecule has 0 bridgehead atoms. The number of imide groups is 1. The first-order chi connectivity index (χ1) is 14.9. The standard InChI is InChI=1S/C25H18FN3O2/c1-15-11-16(2)13-20(12-15)28-23-22(18-5-7-19(26)8-6-18)24(30)29(25(23)31)21-9-3-17(14-27)4-10-21/h3-13,28H,1-2H3. The van der Waals surface area contributed by atoms with Crippen LogP contribution in [0, 0.1) is 31.0 Å². The monoisotopic (exact) mass is 411 g/mol. The van der Waals surface area contributed by atoms with Crippen LogP contribution in [0.2, 0.25) is 0 Å². The predicted molar refractivity (Wildman–Crippen MR) is 117 cm³/mol. The van der Waals surface area contributed by atoms with Crippen LogP contribution in [0.3, 0.4) is 0 Å². The van der Waals surface area contributed by atoms with Gasteiger partial charge in [-0.25, -0.2) is 9.29 Å². The molecule has 31 heavy (non-hydrogen) atoms. The second-order valence-corrected chi connectivity index (χ2v) is 7.36. The smallest absolute Gasteiger partial charge is 0.282 e. The van der Waals surface area contributed by atoms with E-state index >= 15 is 0 Å². The van der Waals surface area contributed by atoms with Crippen molar-refractivity contribution in [3.63, 3.8) is 0 Å². The second kappa shape index (κ2) is 7.88. The summed E-state index contributed by atoms with van der Waals surface area (Å²) in [5.41, 5.74) is 4.17. The molecule has 0 radical (unpaired) electrons. The molecule has 5 nitrogen and oxygen atoms in total. The molecule has 0 fully saturated rings. The number of rotatable bonds is 4. The SMILES string of the molecule is Cc1cc(C)cc(NC2=C(c3ccc(F)cc3)C(=O)N(c3ccc(C#N)cc3)C2=O)c1. The number of anilines is 2. The number of benzene rings is 3. The van der Waals surface area contributed by atoms with Crippen LogP contribution in [-0.2, 0) is 9.59 Å². The average molecular weight is 411 g/mol. The minimum Gasteiger partial charge on any atom is -0.350 e. The van der Waals surface area contributed by atoms with E-state index < -0.39 is 17.6 Å². The maximum Gasteiger partial charge on any atom is 0.282 e. The van der Waals surface area contributed by atoms with Crippen LogP contribution < -0.4 is 10.2 Å². The lowest BCUT2D eigenvalue weighted by atomic mass is 10.0. The van der Waals surface area contributed by atoms with Gasteiger partial charge >= 0.3 is 0 Å². The highest BCUT2D eigenvalue weighted by Crippen LogP contribution is 2.34. The number of hydrogen-bond donors (Lipinski definition) is 1. The van der Waals surface area contributed by atoms with E-state index in [1.165, 1.54) is 24.3 Å². The van der Waals surface area contributed by atoms with Crippen LogP contribution in [0.5, 0.6) is 0 Å². The number of nitrogens with one attached hydrogen (secondary N) is 1. The van der Waals surface area contributed by atoms with Gasteiger partial charge in [0.15, 0.2) is 0 Å². The highest BCUT2D eigenvalue weighted by Gasteiger charge is 2.40. The molecule has 1 N–H and O–H groups in total. The lowest BCUT2D eigenvalue weighted by Gasteiger charge is -2.15. The Hall–Kier alpha value is -4.24. The van der Waals surface area contributed by atoms with E-state index in [0.29, 0.717) is 22.5 Å². The van der Waals surface area contributed by atoms with Gasteiger partial charge in [0.05, 0.1) is 22.9 Å². The molecule has 0 spiro atoms. The first kappa shape index (κ1) is 20.0. The quantitative estimate of drug-likeness (QED) is 0.631. The van der Waals surface area contributed by atoms with Crippen molar-refractivity contribution in [2.24, 2.45) is 0 Å². The van der Waals surface area contributed by atoms with Gasteiger partial charge in [0.2, 0.25) is 0 Å². The summed E-state index contributed by atoms with van der Waals surface area (Å²) in [6, 6.07) is 19.4. The summed E-state index contributed by atoms with van der Waals surface area (Å²) in [6.07, 6.45) is 0. The summed E-state index contributed by atoms with van der Waals surface area (Å²) in [4.78, 5) is 27.7. The Labute approximate surface area is 179 Å². The number of carbonyl (C=O) groups is 2. The Morgan fingerprint density at radius 1 is 0.871 bits per heavy atom. The van der Waals surface area contributed by atoms with Crippen LogP contribution >= 0.6 is 0 Å². The predicted octanol–water partition coefficient (Wildman–Crippen LogP) is 4.71. The molecule has 1 aliphatic heterocycles. The summed E-state index contributed by atoms with van der Waals surface area (Å²) in [5.74, 6) is -1.48. The molecular formula is C25H18FN3O2. The molecule has 0 aliphatic carbocycles. The van der Waals surface area contributed by atoms with Gasteiger partial charge in [-0.3, -0.25) is 9.59 Å². The molecule has 4 rings (SSSR count). The fourth-order valence-corrected chi connectivity index (χ4v) is 3.64. The van der Waals surface area contributed by atoms with E-state index in [1.807, 2.05) is 38.1 Å². The van der Waals surface area contributed by atoms with Crippen molar-refractivity contribution in [3.8, 4) is 6.07 Å². The lowest BCUT2D eigenvalue weighted by molar-refractivity contribution is -0.120. The number of halogens is 1. The zero-order chi connectivity index (χ0) is 22.1. The number of carbonyl (C=O) groups excluding carboxylic acids is 2. The molecular weight excluding hydrogens is 393 g/mol. The van der Waals surface area contributed by atoms with Gasteiger partial charge < -0.3 is 5.32 Å². The van der Waals surface area contributed by atoms with Gasteiger partial charge in [0, 0.05) is 5.69 Å². The summed E-state index contributed by atoms with van der Waals surface area (Å²) in [7, 11) is 0. The molecule has 3 aromatic rings. The zero-order valence-electron chi connectivity index (χ0n) is 16.9. The van der Waals surface area contributed by atoms with Crippen molar-refractivity contribution < 1.29 is 14.0 Å². The minimum atomic E-state index is -0.520. The van der Waals surface area contributed by atoms with Crippen LogP contribution in [-0.4, -0.2) is 11.8 Å². The minimum absolute atomic E-state index is 0.117. The van der Waals surface area contributed by atoms with Crippen molar-refractivity contribution in [1.82, 2.24) is 0 Å². The number of aryl methyl sites for hydroxylation is 2. The third-order valence-corrected chi connectivity index (χ3v) is 4.96. The van der Waals surface area contributed by atoms with E-state index in [4.69, 9.17) is 5.26 Å². The molecule has 0 atom stereocenters. The van der Waals surface area contributed by atoms with E-state index in [1.54, 1.807) is 24.3 Å². The Morgan fingerprint density at radius 2 is 1.48 bits per heavy atom. The maximum absolute atomic E-state index is 13.5. The zero-order valence-corrected chi connectivity index (χ0v) is 16.9. The molecule has 152 valence electrons. The van der Waals surface area contributed by atoms with Crippen LogP contribution in [0.4, 0.5) is 15.8 Å². The van der Waals surface area contributed by atoms with Crippen molar-refractivity contribution >= 4 is 28.8 Å². The van der Waals surface area contributed by atoms with Gasteiger partial charge in [-0.05, 0) is 79.1 Å². The summed E-state index contributed by atoms with van der Waals surface area (Å²) < 4.78 is 13.5. The highest BCUT2D eigenvalue weighted by atomic mass is 19.1. The van der Waals surface area contributed by atoms with Crippen molar-refractivity contribution in [2.75, 3.05) is 10.2 Å². The Morgan fingerprint density at radius 3 is 2.06 bits per heavy atom. The number of nitrogens with zero attached hydrogens (tertiary/aromatic N) is 2. The number of nitriles is 1. The molecule has 6 heteroatoms. The first-order valence-electron chi connectivity index (χ1n) is 9.62. The second-order valence-electron chi connectivity index (χ2n) is 7.36. The third-order valence-electron chi connectivity index (χ3n) is 4.96. The van der Waals surface area contributed by atoms with E-state index in [2.05, 4.69) is 5.32 Å². The average Bonchev–Trinajstić information content (AvgIpc) is 2.98. The van der Waals surface area contributed by atoms with Gasteiger partial charge in [0.1, 0.15) is 11.5 Å². The molecule has 0 unspecified atom stereocenters. The fourth-order valence-electron chi connectivity index (χ4n) is 3.64. The summed E-state index contributed by atoms with van der Waals surface area (Å²) in [6.45, 7) is 3.89. The van der Waals surface area contributed by atoms with Crippen molar-refractivity contribution in [1.29, 1.82) is 5.26 Å². The topological polar surface area (TPSA) is 73.2 Å². The molecule has 0 aromatic heterocycles. The molecule has 2 amide bonds. The van der Waals surface area contributed by atoms with Crippen molar-refractivity contribution in [2.45, 2.75) is 13.8 Å². The van der Waals surface area contributed by atoms with Crippen LogP contribution in [0.25, 0.3) is 5.57 Å². The van der Waals surface area contributed by atoms with E-state index in [0.717, 1.165) is 16.0 Å². The molecule has 1 heterocycles. The Balaban J connectivity index is 1.82. The molecule has 0 saturated heterocycles. The van der Waals surface area contributed by atoms with E-state index in [9.17, 15) is 14.0 Å². The van der Waals surface area contributed by atoms with E-state index in [-0.39, 0.29) is 11.3 Å². The Bertz CT molecular complexity index is 1250. The summed E-state index contributed by atoms with van der Waals surface area (Å²) in [5, 5.41) is 12.1. The lowest BCUT2D eigenvalue weighted by Crippen LogP contribution is -2.32. The van der Waals surface area contributed by atoms with Crippen LogP contribution in [0.1, 0.15) is 22.3 Å². The van der Waals surface area contributed by atoms with Gasteiger partial charge in [-0.2, -0.15) is 5.26 Å². The van der Waals surface area contributed by atoms with Crippen LogP contribution in [0.15, 0.2) is 72.4 Å². The first-order valence-corrected chi connectivity index (χ1v) is 9.62. The number of amides is 2. The summed E-state index contributed by atoms with van der Waals surface area (Å²) >= 11 is 0. The fraction of sp³-hybridized carbons (Fsp3) is 0.0800. The van der Waals surface area contributed by atoms with Crippen molar-refractivity contribution in [3.05, 3.63) is 100 Å². The van der Waals surface area contributed by atoms with Gasteiger partial charge in [-0.1, -0.05) is 18.2 Å². The molecule has 3 aromatic carbocycles. The molecule has 0 saturated carbocycles. The van der Waals surface area contributed by atoms with Gasteiger partial charge in [0.25, 0.3) is 11.8 Å². The third kappa shape index (κ3) is 3.81. The normalized spacial score (nSPS) is 13.5. The number of hydrogen-bond acceptors (Lipinski definition) is 4.